The van der Waals surface area contributed by atoms with Crippen molar-refractivity contribution < 1.29 is 14.1 Å². The summed E-state index contributed by atoms with van der Waals surface area (Å²) in [5.74, 6) is 0.802. The van der Waals surface area contributed by atoms with Gasteiger partial charge < -0.3 is 15.2 Å². The van der Waals surface area contributed by atoms with Gasteiger partial charge in [-0.1, -0.05) is 65.8 Å². The molecule has 7 heteroatoms. The molecular weight excluding hydrogens is 386 g/mol. The number of nitrogens with zero attached hydrogens (tertiary/aromatic N) is 1. The molecule has 1 unspecified atom stereocenters. The van der Waals surface area contributed by atoms with E-state index >= 15 is 0 Å². The van der Waals surface area contributed by atoms with E-state index in [0.717, 1.165) is 11.1 Å². The summed E-state index contributed by atoms with van der Waals surface area (Å²) in [6.45, 7) is 3.51. The van der Waals surface area contributed by atoms with Gasteiger partial charge in [-0.2, -0.15) is 0 Å². The molecule has 0 aliphatic heterocycles. The van der Waals surface area contributed by atoms with Gasteiger partial charge in [0, 0.05) is 6.07 Å². The lowest BCUT2D eigenvalue weighted by Gasteiger charge is -2.20. The summed E-state index contributed by atoms with van der Waals surface area (Å²) in [5, 5.41) is 9.09. The molecule has 3 rings (SSSR count). The van der Waals surface area contributed by atoms with Gasteiger partial charge in [0.05, 0.1) is 17.0 Å². The minimum atomic E-state index is -0.412. The number of hydrogen-bond acceptors (Lipinski definition) is 5. The summed E-state index contributed by atoms with van der Waals surface area (Å²) in [6, 6.07) is 21.0. The second kappa shape index (κ2) is 9.93. The molecule has 3 aromatic rings. The number of carbonyl (C=O) groups excluding carboxylic acids is 2. The van der Waals surface area contributed by atoms with Gasteiger partial charge in [-0.25, -0.2) is 0 Å². The first-order valence-corrected chi connectivity index (χ1v) is 10.3. The Balaban J connectivity index is 1.58. The fourth-order valence-corrected chi connectivity index (χ4v) is 3.48. The van der Waals surface area contributed by atoms with Crippen LogP contribution in [0.25, 0.3) is 0 Å². The van der Waals surface area contributed by atoms with Gasteiger partial charge in [-0.05, 0) is 25.0 Å². The van der Waals surface area contributed by atoms with Crippen LogP contribution in [-0.2, 0) is 9.59 Å². The molecule has 2 aromatic carbocycles. The van der Waals surface area contributed by atoms with Gasteiger partial charge in [0.2, 0.25) is 11.8 Å². The van der Waals surface area contributed by atoms with E-state index in [4.69, 9.17) is 4.52 Å². The smallest absolute Gasteiger partial charge is 0.238 e. The van der Waals surface area contributed by atoms with Gasteiger partial charge in [0.15, 0.2) is 5.82 Å². The Kier molecular flexibility index (Phi) is 7.08. The predicted octanol–water partition coefficient (Wildman–Crippen LogP) is 3.95. The molecule has 0 saturated heterocycles. The predicted molar refractivity (Wildman–Crippen MR) is 115 cm³/mol. The Morgan fingerprint density at radius 3 is 2.14 bits per heavy atom. The third-order valence-corrected chi connectivity index (χ3v) is 5.43. The quantitative estimate of drug-likeness (QED) is 0.589. The van der Waals surface area contributed by atoms with E-state index in [9.17, 15) is 9.59 Å². The molecule has 0 saturated carbocycles. The van der Waals surface area contributed by atoms with E-state index in [2.05, 4.69) is 15.8 Å². The molecule has 29 heavy (non-hydrogen) atoms. The van der Waals surface area contributed by atoms with Crippen LogP contribution >= 0.6 is 11.8 Å². The van der Waals surface area contributed by atoms with Gasteiger partial charge in [-0.15, -0.1) is 11.8 Å². The second-order valence-electron chi connectivity index (χ2n) is 6.59. The highest BCUT2D eigenvalue weighted by atomic mass is 32.2. The fraction of sp³-hybridized carbons (Fsp3) is 0.227. The molecule has 2 amide bonds. The minimum absolute atomic E-state index is 0.135. The number of amides is 2. The molecule has 0 fully saturated rings. The first-order chi connectivity index (χ1) is 14.0. The van der Waals surface area contributed by atoms with Crippen molar-refractivity contribution in [3.8, 4) is 0 Å². The average Bonchev–Trinajstić information content (AvgIpc) is 3.16. The van der Waals surface area contributed by atoms with Crippen LogP contribution in [-0.4, -0.2) is 28.0 Å². The third-order valence-electron chi connectivity index (χ3n) is 4.28. The molecular formula is C22H23N3O3S. The van der Waals surface area contributed by atoms with Crippen molar-refractivity contribution in [3.05, 3.63) is 83.6 Å². The average molecular weight is 410 g/mol. The summed E-state index contributed by atoms with van der Waals surface area (Å²) in [5.41, 5.74) is 2.01. The summed E-state index contributed by atoms with van der Waals surface area (Å²) in [4.78, 5) is 24.9. The van der Waals surface area contributed by atoms with Gasteiger partial charge in [0.25, 0.3) is 0 Å². The maximum atomic E-state index is 12.6. The lowest BCUT2D eigenvalue weighted by Crippen LogP contribution is -2.32. The van der Waals surface area contributed by atoms with Crippen LogP contribution in [0.1, 0.15) is 29.9 Å². The Bertz CT molecular complexity index is 905. The first kappa shape index (κ1) is 20.7. The Labute approximate surface area is 174 Å². The fourth-order valence-electron chi connectivity index (χ4n) is 2.78. The number of aromatic nitrogens is 1. The van der Waals surface area contributed by atoms with Crippen molar-refractivity contribution >= 4 is 29.4 Å². The summed E-state index contributed by atoms with van der Waals surface area (Å²) < 4.78 is 4.94. The van der Waals surface area contributed by atoms with E-state index in [-0.39, 0.29) is 23.6 Å². The van der Waals surface area contributed by atoms with Crippen LogP contribution in [0, 0.1) is 6.92 Å². The molecule has 0 bridgehead atoms. The number of anilines is 1. The van der Waals surface area contributed by atoms with Crippen molar-refractivity contribution in [1.82, 2.24) is 10.5 Å². The largest absolute Gasteiger partial charge is 0.360 e. The number of nitrogens with one attached hydrogen (secondary N) is 2. The standard InChI is InChI=1S/C22H23N3O3S/c1-15-13-19(25-28-15)23-22(27)16(2)29-14-20(26)24-21(17-9-5-3-6-10-17)18-11-7-4-8-12-18/h3-13,16,21H,14H2,1-2H3,(H,24,26)(H,23,25,27). The van der Waals surface area contributed by atoms with Crippen LogP contribution in [0.2, 0.25) is 0 Å². The van der Waals surface area contributed by atoms with Gasteiger partial charge in [-0.3, -0.25) is 9.59 Å². The molecule has 0 aliphatic carbocycles. The molecule has 1 heterocycles. The maximum Gasteiger partial charge on any atom is 0.238 e. The van der Waals surface area contributed by atoms with Gasteiger partial charge in [0.1, 0.15) is 5.76 Å². The van der Waals surface area contributed by atoms with E-state index < -0.39 is 5.25 Å². The number of hydrogen-bond donors (Lipinski definition) is 2. The van der Waals surface area contributed by atoms with Crippen molar-refractivity contribution in [2.45, 2.75) is 25.1 Å². The topological polar surface area (TPSA) is 84.2 Å². The molecule has 6 nitrogen and oxygen atoms in total. The molecule has 2 N–H and O–H groups in total. The van der Waals surface area contributed by atoms with E-state index in [1.807, 2.05) is 60.7 Å². The third kappa shape index (κ3) is 5.96. The SMILES string of the molecule is Cc1cc(NC(=O)C(C)SCC(=O)NC(c2ccccc2)c2ccccc2)no1. The highest BCUT2D eigenvalue weighted by Gasteiger charge is 2.20. The molecule has 150 valence electrons. The zero-order valence-corrected chi connectivity index (χ0v) is 17.1. The second-order valence-corrected chi connectivity index (χ2v) is 7.92. The van der Waals surface area contributed by atoms with Crippen molar-refractivity contribution in [3.63, 3.8) is 0 Å². The maximum absolute atomic E-state index is 12.6. The molecule has 0 radical (unpaired) electrons. The van der Waals surface area contributed by atoms with E-state index in [1.54, 1.807) is 19.9 Å². The van der Waals surface area contributed by atoms with Gasteiger partial charge >= 0.3 is 0 Å². The minimum Gasteiger partial charge on any atom is -0.360 e. The molecule has 1 atom stereocenters. The Morgan fingerprint density at radius 2 is 1.62 bits per heavy atom. The Morgan fingerprint density at radius 1 is 1.03 bits per heavy atom. The van der Waals surface area contributed by atoms with Crippen LogP contribution in [0.15, 0.2) is 71.3 Å². The zero-order chi connectivity index (χ0) is 20.6. The normalized spacial score (nSPS) is 11.8. The van der Waals surface area contributed by atoms with Crippen LogP contribution in [0.3, 0.4) is 0 Å². The highest BCUT2D eigenvalue weighted by Crippen LogP contribution is 2.22. The monoisotopic (exact) mass is 409 g/mol. The molecule has 0 aliphatic rings. The van der Waals surface area contributed by atoms with Crippen molar-refractivity contribution in [2.24, 2.45) is 0 Å². The van der Waals surface area contributed by atoms with E-state index in [0.29, 0.717) is 11.6 Å². The van der Waals surface area contributed by atoms with Crippen molar-refractivity contribution in [1.29, 1.82) is 0 Å². The number of rotatable bonds is 8. The number of aryl methyl sites for hydroxylation is 1. The summed E-state index contributed by atoms with van der Waals surface area (Å²) in [7, 11) is 0. The van der Waals surface area contributed by atoms with Crippen LogP contribution < -0.4 is 10.6 Å². The van der Waals surface area contributed by atoms with E-state index in [1.165, 1.54) is 11.8 Å². The molecule has 1 aromatic heterocycles. The number of thioether (sulfide) groups is 1. The molecule has 0 spiro atoms. The Hall–Kier alpha value is -3.06. The van der Waals surface area contributed by atoms with Crippen LogP contribution in [0.4, 0.5) is 5.82 Å². The lowest BCUT2D eigenvalue weighted by atomic mass is 9.99. The number of benzene rings is 2. The summed E-state index contributed by atoms with van der Waals surface area (Å²) >= 11 is 1.27. The zero-order valence-electron chi connectivity index (χ0n) is 16.3. The van der Waals surface area contributed by atoms with Crippen LogP contribution in [0.5, 0.6) is 0 Å². The van der Waals surface area contributed by atoms with Crippen molar-refractivity contribution in [2.75, 3.05) is 11.1 Å². The summed E-state index contributed by atoms with van der Waals surface area (Å²) in [6.07, 6.45) is 0. The lowest BCUT2D eigenvalue weighted by molar-refractivity contribution is -0.119. The first-order valence-electron chi connectivity index (χ1n) is 9.28. The number of carbonyl (C=O) groups is 2. The highest BCUT2D eigenvalue weighted by molar-refractivity contribution is 8.01.